The van der Waals surface area contributed by atoms with Gasteiger partial charge in [-0.05, 0) is 43.9 Å². The third-order valence-electron chi connectivity index (χ3n) is 3.31. The largest absolute Gasteiger partial charge is 0.331 e. The molecule has 98 valence electrons. The van der Waals surface area contributed by atoms with Crippen LogP contribution in [0.15, 0.2) is 24.3 Å². The molecule has 4 heteroatoms. The second-order valence-electron chi connectivity index (χ2n) is 4.53. The fraction of sp³-hybridized carbons (Fsp3) is 0.500. The molecule has 0 aliphatic heterocycles. The second kappa shape index (κ2) is 6.16. The van der Waals surface area contributed by atoms with E-state index in [0.29, 0.717) is 0 Å². The molecule has 18 heavy (non-hydrogen) atoms. The first-order valence-electron chi connectivity index (χ1n) is 6.66. The van der Waals surface area contributed by atoms with Crippen molar-refractivity contribution < 1.29 is 0 Å². The van der Waals surface area contributed by atoms with E-state index in [4.69, 9.17) is 12.2 Å². The van der Waals surface area contributed by atoms with Crippen LogP contribution in [0.2, 0.25) is 0 Å². The minimum atomic E-state index is 0.823. The van der Waals surface area contributed by atoms with Crippen LogP contribution in [0.3, 0.4) is 0 Å². The molecular formula is C14H21N3S. The highest BCUT2D eigenvalue weighted by molar-refractivity contribution is 7.71. The lowest BCUT2D eigenvalue weighted by atomic mass is 10.3. The topological polar surface area (TPSA) is 24.0 Å². The van der Waals surface area contributed by atoms with Gasteiger partial charge in [-0.1, -0.05) is 26.0 Å². The lowest BCUT2D eigenvalue weighted by Crippen LogP contribution is -2.28. The fourth-order valence-corrected chi connectivity index (χ4v) is 2.61. The highest BCUT2D eigenvalue weighted by atomic mass is 32.1. The molecule has 1 N–H and O–H groups in total. The van der Waals surface area contributed by atoms with Gasteiger partial charge in [-0.25, -0.2) is 0 Å². The van der Waals surface area contributed by atoms with Gasteiger partial charge in [0.1, 0.15) is 0 Å². The molecule has 1 heterocycles. The van der Waals surface area contributed by atoms with Gasteiger partial charge in [0, 0.05) is 13.1 Å². The van der Waals surface area contributed by atoms with E-state index >= 15 is 0 Å². The van der Waals surface area contributed by atoms with Gasteiger partial charge in [0.15, 0.2) is 4.77 Å². The maximum absolute atomic E-state index is 5.39. The van der Waals surface area contributed by atoms with Crippen LogP contribution in [0.25, 0.3) is 11.0 Å². The molecule has 0 saturated carbocycles. The monoisotopic (exact) mass is 263 g/mol. The van der Waals surface area contributed by atoms with Crippen molar-refractivity contribution in [2.75, 3.05) is 19.6 Å². The molecule has 0 bridgehead atoms. The first-order chi connectivity index (χ1) is 8.76. The Morgan fingerprint density at radius 2 is 2.00 bits per heavy atom. The zero-order chi connectivity index (χ0) is 13.0. The lowest BCUT2D eigenvalue weighted by Gasteiger charge is -2.19. The van der Waals surface area contributed by atoms with Crippen molar-refractivity contribution in [3.8, 4) is 0 Å². The second-order valence-corrected chi connectivity index (χ2v) is 4.92. The number of fused-ring (bicyclic) bond motifs is 1. The van der Waals surface area contributed by atoms with E-state index in [2.05, 4.69) is 46.5 Å². The third-order valence-corrected chi connectivity index (χ3v) is 3.63. The van der Waals surface area contributed by atoms with Crippen LogP contribution in [0.4, 0.5) is 0 Å². The molecule has 0 fully saturated rings. The predicted octanol–water partition coefficient (Wildman–Crippen LogP) is 3.43. The molecular weight excluding hydrogens is 242 g/mol. The van der Waals surface area contributed by atoms with Crippen LogP contribution in [0.1, 0.15) is 20.3 Å². The number of nitrogens with one attached hydrogen (secondary N) is 1. The smallest absolute Gasteiger partial charge is 0.178 e. The Hall–Kier alpha value is -1.13. The number of hydrogen-bond acceptors (Lipinski definition) is 2. The summed E-state index contributed by atoms with van der Waals surface area (Å²) in [5, 5.41) is 0. The molecule has 0 atom stereocenters. The number of para-hydroxylation sites is 2. The van der Waals surface area contributed by atoms with E-state index < -0.39 is 0 Å². The molecule has 0 unspecified atom stereocenters. The number of imidazole rings is 1. The van der Waals surface area contributed by atoms with E-state index in [1.165, 1.54) is 11.9 Å². The van der Waals surface area contributed by atoms with Crippen LogP contribution in [0, 0.1) is 4.77 Å². The Labute approximate surface area is 113 Å². The maximum Gasteiger partial charge on any atom is 0.178 e. The van der Waals surface area contributed by atoms with Crippen LogP contribution < -0.4 is 0 Å². The summed E-state index contributed by atoms with van der Waals surface area (Å²) < 4.78 is 3.02. The minimum absolute atomic E-state index is 0.823. The minimum Gasteiger partial charge on any atom is -0.331 e. The average molecular weight is 263 g/mol. The van der Waals surface area contributed by atoms with Crippen molar-refractivity contribution in [2.45, 2.75) is 26.8 Å². The number of rotatable bonds is 6. The van der Waals surface area contributed by atoms with Gasteiger partial charge in [0.2, 0.25) is 0 Å². The normalized spacial score (nSPS) is 11.5. The number of benzene rings is 1. The molecule has 0 aliphatic carbocycles. The molecule has 0 spiro atoms. The predicted molar refractivity (Wildman–Crippen MR) is 79.5 cm³/mol. The van der Waals surface area contributed by atoms with E-state index in [0.717, 1.165) is 36.5 Å². The Bertz CT molecular complexity index is 555. The fourth-order valence-electron chi connectivity index (χ4n) is 2.31. The summed E-state index contributed by atoms with van der Waals surface area (Å²) in [6.07, 6.45) is 1.20. The number of nitrogens with zero attached hydrogens (tertiary/aromatic N) is 2. The molecule has 3 nitrogen and oxygen atoms in total. The van der Waals surface area contributed by atoms with Gasteiger partial charge < -0.3 is 14.5 Å². The first-order valence-corrected chi connectivity index (χ1v) is 7.07. The molecule has 0 saturated heterocycles. The molecule has 0 aliphatic rings. The van der Waals surface area contributed by atoms with Gasteiger partial charge >= 0.3 is 0 Å². The maximum atomic E-state index is 5.39. The quantitative estimate of drug-likeness (QED) is 0.807. The summed E-state index contributed by atoms with van der Waals surface area (Å²) in [5.74, 6) is 0. The van der Waals surface area contributed by atoms with E-state index in [1.807, 2.05) is 6.07 Å². The van der Waals surface area contributed by atoms with Crippen LogP contribution in [-0.4, -0.2) is 34.1 Å². The summed E-state index contributed by atoms with van der Waals surface area (Å²) in [6.45, 7) is 8.71. The molecule has 0 radical (unpaired) electrons. The van der Waals surface area contributed by atoms with Crippen molar-refractivity contribution in [1.29, 1.82) is 0 Å². The van der Waals surface area contributed by atoms with Crippen LogP contribution in [0.5, 0.6) is 0 Å². The molecule has 1 aromatic heterocycles. The van der Waals surface area contributed by atoms with Crippen molar-refractivity contribution >= 4 is 23.3 Å². The number of hydrogen-bond donors (Lipinski definition) is 1. The van der Waals surface area contributed by atoms with Crippen molar-refractivity contribution in [3.63, 3.8) is 0 Å². The van der Waals surface area contributed by atoms with E-state index in [1.54, 1.807) is 0 Å². The lowest BCUT2D eigenvalue weighted by molar-refractivity contribution is 0.277. The zero-order valence-electron chi connectivity index (χ0n) is 11.1. The Kier molecular flexibility index (Phi) is 4.55. The summed E-state index contributed by atoms with van der Waals surface area (Å²) in [4.78, 5) is 5.72. The summed E-state index contributed by atoms with van der Waals surface area (Å²) in [5.41, 5.74) is 2.33. The number of likely N-dealkylation sites (N-methyl/N-ethyl adjacent to an activating group) is 1. The van der Waals surface area contributed by atoms with Gasteiger partial charge in [-0.15, -0.1) is 0 Å². The number of H-pyrrole nitrogens is 1. The van der Waals surface area contributed by atoms with E-state index in [-0.39, 0.29) is 0 Å². The molecule has 2 aromatic rings. The van der Waals surface area contributed by atoms with Crippen LogP contribution >= 0.6 is 12.2 Å². The number of aromatic nitrogens is 2. The SMILES string of the molecule is CCCN(CC)CCn1c(=S)[nH]c2ccccc21. The highest BCUT2D eigenvalue weighted by Gasteiger charge is 2.05. The van der Waals surface area contributed by atoms with Crippen molar-refractivity contribution in [2.24, 2.45) is 0 Å². The van der Waals surface area contributed by atoms with Crippen LogP contribution in [-0.2, 0) is 6.54 Å². The molecule has 0 amide bonds. The standard InChI is InChI=1S/C14H21N3S/c1-3-9-16(4-2)10-11-17-13-8-6-5-7-12(13)15-14(17)18/h5-8H,3-4,9-11H2,1-2H3,(H,15,18). The third kappa shape index (κ3) is 2.82. The number of aromatic amines is 1. The average Bonchev–Trinajstić information content (AvgIpc) is 2.70. The first kappa shape index (κ1) is 13.3. The molecule has 1 aromatic carbocycles. The Morgan fingerprint density at radius 1 is 1.22 bits per heavy atom. The van der Waals surface area contributed by atoms with Crippen molar-refractivity contribution in [1.82, 2.24) is 14.5 Å². The van der Waals surface area contributed by atoms with Crippen molar-refractivity contribution in [3.05, 3.63) is 29.0 Å². The van der Waals surface area contributed by atoms with Gasteiger partial charge in [0.05, 0.1) is 11.0 Å². The Balaban J connectivity index is 2.16. The van der Waals surface area contributed by atoms with Gasteiger partial charge in [0.25, 0.3) is 0 Å². The zero-order valence-corrected chi connectivity index (χ0v) is 12.0. The van der Waals surface area contributed by atoms with Gasteiger partial charge in [-0.2, -0.15) is 0 Å². The summed E-state index contributed by atoms with van der Waals surface area (Å²) in [7, 11) is 0. The summed E-state index contributed by atoms with van der Waals surface area (Å²) >= 11 is 5.39. The Morgan fingerprint density at radius 3 is 2.72 bits per heavy atom. The summed E-state index contributed by atoms with van der Waals surface area (Å²) in [6, 6.07) is 8.29. The van der Waals surface area contributed by atoms with E-state index in [9.17, 15) is 0 Å². The highest BCUT2D eigenvalue weighted by Crippen LogP contribution is 2.13. The molecule has 2 rings (SSSR count). The van der Waals surface area contributed by atoms with Gasteiger partial charge in [-0.3, -0.25) is 0 Å².